The van der Waals surface area contributed by atoms with Crippen molar-refractivity contribution in [2.75, 3.05) is 13.2 Å². The first-order valence-electron chi connectivity index (χ1n) is 33.8. The maximum absolute atomic E-state index is 12.9. The van der Waals surface area contributed by atoms with Gasteiger partial charge in [-0.2, -0.15) is 0 Å². The number of hydrogen-bond acceptors (Lipinski definition) is 6. The lowest BCUT2D eigenvalue weighted by Gasteiger charge is -2.18. The Kier molecular flexibility index (Phi) is 62.6. The number of carbonyl (C=O) groups is 3. The Morgan fingerprint density at radius 1 is 0.267 bits per heavy atom. The van der Waals surface area contributed by atoms with Crippen LogP contribution in [0.2, 0.25) is 0 Å². The zero-order valence-corrected chi connectivity index (χ0v) is 50.8. The van der Waals surface area contributed by atoms with E-state index in [1.54, 1.807) is 0 Å². The van der Waals surface area contributed by atoms with E-state index >= 15 is 0 Å². The minimum absolute atomic E-state index is 0.0649. The number of rotatable bonds is 63. The first-order valence-corrected chi connectivity index (χ1v) is 33.8. The molecule has 75 heavy (non-hydrogen) atoms. The monoisotopic (exact) mass is 1050 g/mol. The molecule has 0 bridgehead atoms. The molecule has 0 aromatic rings. The van der Waals surface area contributed by atoms with Gasteiger partial charge in [-0.3, -0.25) is 14.4 Å². The molecular formula is C69H130O6. The molecule has 6 nitrogen and oxygen atoms in total. The average Bonchev–Trinajstić information content (AvgIpc) is 3.41. The average molecular weight is 1060 g/mol. The van der Waals surface area contributed by atoms with Crippen molar-refractivity contribution in [2.24, 2.45) is 0 Å². The van der Waals surface area contributed by atoms with Gasteiger partial charge in [0, 0.05) is 19.3 Å². The second-order valence-corrected chi connectivity index (χ2v) is 23.1. The highest BCUT2D eigenvalue weighted by atomic mass is 16.6. The third-order valence-corrected chi connectivity index (χ3v) is 15.5. The van der Waals surface area contributed by atoms with Crippen molar-refractivity contribution in [3.05, 3.63) is 24.3 Å². The van der Waals surface area contributed by atoms with Crippen molar-refractivity contribution in [1.82, 2.24) is 0 Å². The molecule has 0 aliphatic heterocycles. The van der Waals surface area contributed by atoms with Crippen LogP contribution in [-0.2, 0) is 28.6 Å². The standard InChI is InChI=1S/C69H130O6/c1-4-7-10-13-16-19-22-25-28-30-32-33-34-35-37-38-41-44-47-50-53-56-59-62-68(71)74-65-66(64-73-67(70)61-58-55-52-49-46-43-40-27-24-21-18-15-12-9-6-3)75-69(72)63-60-57-54-51-48-45-42-39-36-31-29-26-23-20-17-14-11-8-5-2/h22,25,30,32,66H,4-21,23-24,26-29,31,33-65H2,1-3H3/b25-22-,32-30-. The van der Waals surface area contributed by atoms with Gasteiger partial charge in [0.2, 0.25) is 0 Å². The number of ether oxygens (including phenoxy) is 3. The number of esters is 3. The van der Waals surface area contributed by atoms with Crippen LogP contribution in [0.4, 0.5) is 0 Å². The van der Waals surface area contributed by atoms with E-state index in [1.807, 2.05) is 0 Å². The zero-order valence-electron chi connectivity index (χ0n) is 50.8. The smallest absolute Gasteiger partial charge is 0.306 e. The Balaban J connectivity index is 4.28. The summed E-state index contributed by atoms with van der Waals surface area (Å²) in [6.07, 6.45) is 77.6. The second-order valence-electron chi connectivity index (χ2n) is 23.1. The number of hydrogen-bond donors (Lipinski definition) is 0. The van der Waals surface area contributed by atoms with Gasteiger partial charge in [0.05, 0.1) is 0 Å². The summed E-state index contributed by atoms with van der Waals surface area (Å²) in [5, 5.41) is 0. The van der Waals surface area contributed by atoms with Crippen LogP contribution in [0.1, 0.15) is 380 Å². The number of allylic oxidation sites excluding steroid dienone is 4. The van der Waals surface area contributed by atoms with Gasteiger partial charge in [-0.05, 0) is 51.4 Å². The summed E-state index contributed by atoms with van der Waals surface area (Å²) >= 11 is 0. The van der Waals surface area contributed by atoms with E-state index in [0.717, 1.165) is 64.2 Å². The van der Waals surface area contributed by atoms with Gasteiger partial charge in [-0.25, -0.2) is 0 Å². The largest absolute Gasteiger partial charge is 0.462 e. The van der Waals surface area contributed by atoms with Crippen LogP contribution in [0.5, 0.6) is 0 Å². The molecule has 0 aliphatic carbocycles. The highest BCUT2D eigenvalue weighted by Gasteiger charge is 2.19. The molecule has 1 unspecified atom stereocenters. The van der Waals surface area contributed by atoms with E-state index in [1.165, 1.54) is 276 Å². The van der Waals surface area contributed by atoms with Crippen LogP contribution < -0.4 is 0 Å². The van der Waals surface area contributed by atoms with E-state index in [2.05, 4.69) is 45.1 Å². The molecule has 0 aliphatic rings. The maximum Gasteiger partial charge on any atom is 0.306 e. The third-order valence-electron chi connectivity index (χ3n) is 15.5. The Morgan fingerprint density at radius 2 is 0.480 bits per heavy atom. The third kappa shape index (κ3) is 62.6. The van der Waals surface area contributed by atoms with Gasteiger partial charge in [0.1, 0.15) is 13.2 Å². The number of unbranched alkanes of at least 4 members (excludes halogenated alkanes) is 48. The SMILES string of the molecule is CCCCCCC/C=C\C/C=C\CCCCCCCCCCCCCC(=O)OCC(COC(=O)CCCCCCCCCCCCCCCCC)OC(=O)CCCCCCCCCCCCCCCCCCCCC. The van der Waals surface area contributed by atoms with Gasteiger partial charge >= 0.3 is 17.9 Å². The van der Waals surface area contributed by atoms with Crippen LogP contribution >= 0.6 is 0 Å². The van der Waals surface area contributed by atoms with Crippen molar-refractivity contribution in [3.8, 4) is 0 Å². The number of carbonyl (C=O) groups excluding carboxylic acids is 3. The molecular weight excluding hydrogens is 925 g/mol. The molecule has 0 spiro atoms. The lowest BCUT2D eigenvalue weighted by Crippen LogP contribution is -2.30. The molecule has 0 saturated carbocycles. The lowest BCUT2D eigenvalue weighted by atomic mass is 10.0. The lowest BCUT2D eigenvalue weighted by molar-refractivity contribution is -0.167. The quantitative estimate of drug-likeness (QED) is 0.0261. The van der Waals surface area contributed by atoms with Crippen LogP contribution in [0.25, 0.3) is 0 Å². The molecule has 0 aromatic carbocycles. The first-order chi connectivity index (χ1) is 37.0. The van der Waals surface area contributed by atoms with Crippen molar-refractivity contribution < 1.29 is 28.6 Å². The topological polar surface area (TPSA) is 78.9 Å². The van der Waals surface area contributed by atoms with E-state index in [0.29, 0.717) is 19.3 Å². The molecule has 442 valence electrons. The summed E-state index contributed by atoms with van der Waals surface area (Å²) in [6, 6.07) is 0. The van der Waals surface area contributed by atoms with Gasteiger partial charge in [0.25, 0.3) is 0 Å². The summed E-state index contributed by atoms with van der Waals surface area (Å²) in [5.74, 6) is -0.835. The summed E-state index contributed by atoms with van der Waals surface area (Å²) in [7, 11) is 0. The molecule has 0 fully saturated rings. The highest BCUT2D eigenvalue weighted by molar-refractivity contribution is 5.71. The molecule has 0 radical (unpaired) electrons. The summed E-state index contributed by atoms with van der Waals surface area (Å²) in [5.41, 5.74) is 0. The van der Waals surface area contributed by atoms with Gasteiger partial charge in [0.15, 0.2) is 6.10 Å². The predicted molar refractivity (Wildman–Crippen MR) is 326 cm³/mol. The molecule has 0 heterocycles. The minimum Gasteiger partial charge on any atom is -0.462 e. The molecule has 0 aromatic heterocycles. The molecule has 0 N–H and O–H groups in total. The molecule has 0 amide bonds. The van der Waals surface area contributed by atoms with Crippen molar-refractivity contribution in [3.63, 3.8) is 0 Å². The Labute approximate surface area is 468 Å². The Bertz CT molecular complexity index is 1210. The minimum atomic E-state index is -0.768. The molecule has 0 saturated heterocycles. The first kappa shape index (κ1) is 72.9. The predicted octanol–water partition coefficient (Wildman–Crippen LogP) is 23.0. The fraction of sp³-hybridized carbons (Fsp3) is 0.899. The summed E-state index contributed by atoms with van der Waals surface area (Å²) in [4.78, 5) is 38.4. The summed E-state index contributed by atoms with van der Waals surface area (Å²) < 4.78 is 17.0. The van der Waals surface area contributed by atoms with Crippen molar-refractivity contribution in [2.45, 2.75) is 386 Å². The zero-order chi connectivity index (χ0) is 54.3. The second kappa shape index (κ2) is 64.4. The van der Waals surface area contributed by atoms with Gasteiger partial charge in [-0.1, -0.05) is 334 Å². The van der Waals surface area contributed by atoms with Crippen LogP contribution in [-0.4, -0.2) is 37.2 Å². The van der Waals surface area contributed by atoms with Crippen molar-refractivity contribution >= 4 is 17.9 Å². The van der Waals surface area contributed by atoms with E-state index in [-0.39, 0.29) is 31.1 Å². The van der Waals surface area contributed by atoms with E-state index < -0.39 is 6.10 Å². The van der Waals surface area contributed by atoms with Crippen LogP contribution in [0.3, 0.4) is 0 Å². The van der Waals surface area contributed by atoms with Crippen LogP contribution in [0, 0.1) is 0 Å². The molecule has 0 rings (SSSR count). The van der Waals surface area contributed by atoms with E-state index in [9.17, 15) is 14.4 Å². The van der Waals surface area contributed by atoms with Crippen LogP contribution in [0.15, 0.2) is 24.3 Å². The maximum atomic E-state index is 12.9. The van der Waals surface area contributed by atoms with E-state index in [4.69, 9.17) is 14.2 Å². The molecule has 6 heteroatoms. The van der Waals surface area contributed by atoms with Gasteiger partial charge in [-0.15, -0.1) is 0 Å². The van der Waals surface area contributed by atoms with Gasteiger partial charge < -0.3 is 14.2 Å². The molecule has 1 atom stereocenters. The fourth-order valence-electron chi connectivity index (χ4n) is 10.4. The Hall–Kier alpha value is -2.11. The van der Waals surface area contributed by atoms with Crippen molar-refractivity contribution in [1.29, 1.82) is 0 Å². The summed E-state index contributed by atoms with van der Waals surface area (Å²) in [6.45, 7) is 6.71. The normalized spacial score (nSPS) is 12.1. The fourth-order valence-corrected chi connectivity index (χ4v) is 10.4. The Morgan fingerprint density at radius 3 is 0.733 bits per heavy atom. The highest BCUT2D eigenvalue weighted by Crippen LogP contribution is 2.18.